The molecular formula is C18H34O4. The van der Waals surface area contributed by atoms with Crippen LogP contribution >= 0.6 is 0 Å². The summed E-state index contributed by atoms with van der Waals surface area (Å²) in [4.78, 5) is 11.3. The van der Waals surface area contributed by atoms with E-state index in [9.17, 15) is 4.79 Å². The molecule has 0 heterocycles. The van der Waals surface area contributed by atoms with Crippen LogP contribution in [0, 0.1) is 5.92 Å². The third-order valence-electron chi connectivity index (χ3n) is 3.57. The smallest absolute Gasteiger partial charge is 0.333 e. The van der Waals surface area contributed by atoms with Crippen molar-refractivity contribution in [2.75, 3.05) is 19.8 Å². The molecule has 0 rings (SSSR count). The fourth-order valence-electron chi connectivity index (χ4n) is 1.91. The molecule has 130 valence electrons. The second kappa shape index (κ2) is 12.7. The van der Waals surface area contributed by atoms with Crippen LogP contribution in [0.3, 0.4) is 0 Å². The molecule has 0 aromatic carbocycles. The number of hydrogen-bond donors (Lipinski definition) is 0. The average molecular weight is 314 g/mol. The van der Waals surface area contributed by atoms with E-state index in [4.69, 9.17) is 14.2 Å². The van der Waals surface area contributed by atoms with Gasteiger partial charge in [0.2, 0.25) is 0 Å². The Hall–Kier alpha value is -0.870. The van der Waals surface area contributed by atoms with Crippen molar-refractivity contribution in [2.24, 2.45) is 5.92 Å². The molecule has 0 aromatic heterocycles. The van der Waals surface area contributed by atoms with Gasteiger partial charge in [0.15, 0.2) is 0 Å². The van der Waals surface area contributed by atoms with Gasteiger partial charge in [-0.1, -0.05) is 39.7 Å². The normalized spacial score (nSPS) is 15.1. The van der Waals surface area contributed by atoms with Crippen LogP contribution in [0.5, 0.6) is 0 Å². The van der Waals surface area contributed by atoms with Gasteiger partial charge in [0.05, 0.1) is 18.8 Å². The van der Waals surface area contributed by atoms with Crippen LogP contribution in [0.4, 0.5) is 0 Å². The Balaban J connectivity index is 3.80. The molecule has 0 radical (unpaired) electrons. The van der Waals surface area contributed by atoms with Crippen LogP contribution in [0.1, 0.15) is 60.3 Å². The van der Waals surface area contributed by atoms with Gasteiger partial charge in [-0.2, -0.15) is 0 Å². The molecule has 0 aliphatic heterocycles. The molecule has 4 heteroatoms. The number of rotatable bonds is 13. The summed E-state index contributed by atoms with van der Waals surface area (Å²) in [5.41, 5.74) is 0.404. The quantitative estimate of drug-likeness (QED) is 0.379. The highest BCUT2D eigenvalue weighted by Gasteiger charge is 2.12. The van der Waals surface area contributed by atoms with Crippen molar-refractivity contribution in [2.45, 2.75) is 72.5 Å². The van der Waals surface area contributed by atoms with Gasteiger partial charge in [0, 0.05) is 12.2 Å². The zero-order chi connectivity index (χ0) is 17.0. The molecule has 0 aromatic rings. The molecule has 0 aliphatic rings. The first-order valence-corrected chi connectivity index (χ1v) is 8.46. The molecule has 0 fully saturated rings. The fraction of sp³-hybridized carbons (Fsp3) is 0.833. The van der Waals surface area contributed by atoms with E-state index >= 15 is 0 Å². The van der Waals surface area contributed by atoms with Crippen LogP contribution < -0.4 is 0 Å². The zero-order valence-electron chi connectivity index (χ0n) is 15.0. The Kier molecular flexibility index (Phi) is 12.2. The maximum Gasteiger partial charge on any atom is 0.333 e. The third kappa shape index (κ3) is 10.8. The van der Waals surface area contributed by atoms with Crippen molar-refractivity contribution in [1.82, 2.24) is 0 Å². The summed E-state index contributed by atoms with van der Waals surface area (Å²) >= 11 is 0. The maximum atomic E-state index is 11.3. The summed E-state index contributed by atoms with van der Waals surface area (Å²) in [5.74, 6) is 0.262. The van der Waals surface area contributed by atoms with Gasteiger partial charge in [0.25, 0.3) is 0 Å². The largest absolute Gasteiger partial charge is 0.460 e. The van der Waals surface area contributed by atoms with Gasteiger partial charge < -0.3 is 14.2 Å². The lowest BCUT2D eigenvalue weighted by atomic mass is 10.0. The van der Waals surface area contributed by atoms with E-state index in [1.165, 1.54) is 19.3 Å². The minimum absolute atomic E-state index is 0.0509. The summed E-state index contributed by atoms with van der Waals surface area (Å²) < 4.78 is 16.6. The monoisotopic (exact) mass is 314 g/mol. The van der Waals surface area contributed by atoms with Gasteiger partial charge in [0.1, 0.15) is 6.61 Å². The first-order chi connectivity index (χ1) is 10.4. The predicted molar refractivity (Wildman–Crippen MR) is 89.9 cm³/mol. The standard InChI is InChI=1S/C18H34O4/c1-7-9-10-17(8-2)13-21-15(5)11-20-16(6)12-22-18(19)14(3)4/h15-17H,3,7-13H2,1-2,4-6H3. The van der Waals surface area contributed by atoms with Crippen LogP contribution in [-0.2, 0) is 19.0 Å². The number of esters is 1. The van der Waals surface area contributed by atoms with Gasteiger partial charge in [-0.15, -0.1) is 0 Å². The number of unbranched alkanes of at least 4 members (excludes halogenated alkanes) is 1. The van der Waals surface area contributed by atoms with E-state index < -0.39 is 0 Å². The molecule has 3 atom stereocenters. The minimum atomic E-state index is -0.374. The molecule has 0 amide bonds. The first kappa shape index (κ1) is 21.1. The van der Waals surface area contributed by atoms with Crippen molar-refractivity contribution in [3.05, 3.63) is 12.2 Å². The van der Waals surface area contributed by atoms with E-state index in [1.54, 1.807) is 6.92 Å². The molecular weight excluding hydrogens is 280 g/mol. The second-order valence-corrected chi connectivity index (χ2v) is 6.08. The lowest BCUT2D eigenvalue weighted by Gasteiger charge is -2.20. The van der Waals surface area contributed by atoms with E-state index in [0.717, 1.165) is 13.0 Å². The predicted octanol–water partition coefficient (Wildman–Crippen LogP) is 4.13. The molecule has 4 nitrogen and oxygen atoms in total. The van der Waals surface area contributed by atoms with Gasteiger partial charge in [-0.05, 0) is 33.1 Å². The topological polar surface area (TPSA) is 44.8 Å². The van der Waals surface area contributed by atoms with Gasteiger partial charge in [-0.3, -0.25) is 0 Å². The molecule has 0 saturated heterocycles. The highest BCUT2D eigenvalue weighted by Crippen LogP contribution is 2.14. The summed E-state index contributed by atoms with van der Waals surface area (Å²) in [5, 5.41) is 0. The van der Waals surface area contributed by atoms with E-state index in [1.807, 2.05) is 13.8 Å². The number of ether oxygens (including phenoxy) is 3. The Bertz CT molecular complexity index is 314. The second-order valence-electron chi connectivity index (χ2n) is 6.08. The third-order valence-corrected chi connectivity index (χ3v) is 3.57. The van der Waals surface area contributed by atoms with Gasteiger partial charge >= 0.3 is 5.97 Å². The first-order valence-electron chi connectivity index (χ1n) is 8.46. The molecule has 22 heavy (non-hydrogen) atoms. The lowest BCUT2D eigenvalue weighted by molar-refractivity contribution is -0.143. The summed E-state index contributed by atoms with van der Waals surface area (Å²) in [6.07, 6.45) is 4.79. The fourth-order valence-corrected chi connectivity index (χ4v) is 1.91. The number of carbonyl (C=O) groups excluding carboxylic acids is 1. The Labute approximate surface area is 136 Å². The minimum Gasteiger partial charge on any atom is -0.460 e. The molecule has 0 N–H and O–H groups in total. The van der Waals surface area contributed by atoms with Crippen molar-refractivity contribution >= 4 is 5.97 Å². The van der Waals surface area contributed by atoms with Crippen LogP contribution in [0.25, 0.3) is 0 Å². The summed E-state index contributed by atoms with van der Waals surface area (Å²) in [6.45, 7) is 15.0. The number of hydrogen-bond acceptors (Lipinski definition) is 4. The molecule has 0 spiro atoms. The van der Waals surface area contributed by atoms with Crippen molar-refractivity contribution in [3.63, 3.8) is 0 Å². The molecule has 0 saturated carbocycles. The molecule has 0 bridgehead atoms. The van der Waals surface area contributed by atoms with Gasteiger partial charge in [-0.25, -0.2) is 4.79 Å². The van der Waals surface area contributed by atoms with E-state index in [2.05, 4.69) is 20.4 Å². The van der Waals surface area contributed by atoms with Crippen LogP contribution in [-0.4, -0.2) is 38.0 Å². The SMILES string of the molecule is C=C(C)C(=O)OCC(C)OCC(C)OCC(CC)CCCC. The highest BCUT2D eigenvalue weighted by atomic mass is 16.6. The molecule has 0 aliphatic carbocycles. The lowest BCUT2D eigenvalue weighted by Crippen LogP contribution is -2.26. The van der Waals surface area contributed by atoms with Crippen LogP contribution in [0.2, 0.25) is 0 Å². The Morgan fingerprint density at radius 2 is 1.64 bits per heavy atom. The summed E-state index contributed by atoms with van der Waals surface area (Å²) in [7, 11) is 0. The Morgan fingerprint density at radius 1 is 1.05 bits per heavy atom. The van der Waals surface area contributed by atoms with E-state index in [0.29, 0.717) is 18.1 Å². The zero-order valence-corrected chi connectivity index (χ0v) is 15.0. The van der Waals surface area contributed by atoms with Crippen molar-refractivity contribution < 1.29 is 19.0 Å². The maximum absolute atomic E-state index is 11.3. The average Bonchev–Trinajstić information content (AvgIpc) is 2.50. The molecule has 3 unspecified atom stereocenters. The van der Waals surface area contributed by atoms with Crippen molar-refractivity contribution in [1.29, 1.82) is 0 Å². The van der Waals surface area contributed by atoms with Crippen molar-refractivity contribution in [3.8, 4) is 0 Å². The van der Waals surface area contributed by atoms with Crippen LogP contribution in [0.15, 0.2) is 12.2 Å². The summed E-state index contributed by atoms with van der Waals surface area (Å²) in [6, 6.07) is 0. The highest BCUT2D eigenvalue weighted by molar-refractivity contribution is 5.86. The van der Waals surface area contributed by atoms with E-state index in [-0.39, 0.29) is 24.8 Å². The Morgan fingerprint density at radius 3 is 2.18 bits per heavy atom. The number of carbonyl (C=O) groups is 1.